The van der Waals surface area contributed by atoms with Crippen LogP contribution in [0.15, 0.2) is 48.5 Å². The standard InChI is InChI=1S/C21H25ClFN3O2/c1-3-26(14-20(27)25-12-16-8-10-17(23)11-9-16)21(28)13-24-15(2)18-6-4-5-7-19(18)22/h4-11,15,24H,3,12-14H2,1-2H3,(H,25,27)/p+1/t15-/m1/s1. The number of halogens is 2. The number of nitrogens with zero attached hydrogens (tertiary/aromatic N) is 1. The molecule has 0 aliphatic heterocycles. The molecular formula is C21H26ClFN3O2+. The molecule has 5 nitrogen and oxygen atoms in total. The number of carbonyl (C=O) groups is 2. The molecule has 1 atom stereocenters. The quantitative estimate of drug-likeness (QED) is 0.671. The highest BCUT2D eigenvalue weighted by molar-refractivity contribution is 6.31. The number of likely N-dealkylation sites (N-methyl/N-ethyl adjacent to an activating group) is 1. The van der Waals surface area contributed by atoms with Crippen molar-refractivity contribution in [2.75, 3.05) is 19.6 Å². The molecule has 0 saturated heterocycles. The van der Waals surface area contributed by atoms with Gasteiger partial charge in [0.1, 0.15) is 11.9 Å². The number of amides is 2. The monoisotopic (exact) mass is 406 g/mol. The highest BCUT2D eigenvalue weighted by Gasteiger charge is 2.19. The molecule has 0 aliphatic carbocycles. The number of benzene rings is 2. The maximum absolute atomic E-state index is 12.9. The Morgan fingerprint density at radius 1 is 1.18 bits per heavy atom. The van der Waals surface area contributed by atoms with E-state index in [0.717, 1.165) is 11.1 Å². The molecule has 0 bridgehead atoms. The van der Waals surface area contributed by atoms with E-state index in [1.54, 1.807) is 12.1 Å². The predicted molar refractivity (Wildman–Crippen MR) is 107 cm³/mol. The van der Waals surface area contributed by atoms with E-state index in [4.69, 9.17) is 11.6 Å². The minimum Gasteiger partial charge on any atom is -0.350 e. The Balaban J connectivity index is 1.81. The van der Waals surface area contributed by atoms with Crippen molar-refractivity contribution in [2.45, 2.75) is 26.4 Å². The Hall–Kier alpha value is -2.44. The second-order valence-electron chi connectivity index (χ2n) is 6.56. The highest BCUT2D eigenvalue weighted by Crippen LogP contribution is 2.19. The summed E-state index contributed by atoms with van der Waals surface area (Å²) in [6.45, 7) is 4.77. The molecule has 0 unspecified atom stereocenters. The van der Waals surface area contributed by atoms with Crippen LogP contribution in [0.2, 0.25) is 5.02 Å². The summed E-state index contributed by atoms with van der Waals surface area (Å²) in [6, 6.07) is 13.5. The summed E-state index contributed by atoms with van der Waals surface area (Å²) in [5.41, 5.74) is 1.77. The summed E-state index contributed by atoms with van der Waals surface area (Å²) in [4.78, 5) is 26.1. The molecule has 0 spiro atoms. The number of hydrogen-bond acceptors (Lipinski definition) is 2. The van der Waals surface area contributed by atoms with E-state index in [1.165, 1.54) is 17.0 Å². The van der Waals surface area contributed by atoms with E-state index < -0.39 is 0 Å². The predicted octanol–water partition coefficient (Wildman–Crippen LogP) is 2.27. The molecule has 3 N–H and O–H groups in total. The molecule has 0 radical (unpaired) electrons. The number of nitrogens with two attached hydrogens (primary N) is 1. The van der Waals surface area contributed by atoms with E-state index in [-0.39, 0.29) is 36.8 Å². The smallest absolute Gasteiger partial charge is 0.278 e. The molecule has 2 rings (SSSR count). The molecule has 0 aromatic heterocycles. The summed E-state index contributed by atoms with van der Waals surface area (Å²) in [5.74, 6) is -0.683. The molecule has 0 fully saturated rings. The van der Waals surface area contributed by atoms with Crippen LogP contribution in [0.25, 0.3) is 0 Å². The van der Waals surface area contributed by atoms with Crippen LogP contribution >= 0.6 is 11.6 Å². The van der Waals surface area contributed by atoms with Crippen molar-refractivity contribution in [2.24, 2.45) is 0 Å². The zero-order valence-electron chi connectivity index (χ0n) is 16.1. The summed E-state index contributed by atoms with van der Waals surface area (Å²) >= 11 is 6.20. The van der Waals surface area contributed by atoms with Crippen LogP contribution in [0.5, 0.6) is 0 Å². The molecular weight excluding hydrogens is 381 g/mol. The fourth-order valence-electron chi connectivity index (χ4n) is 2.79. The Morgan fingerprint density at radius 3 is 2.50 bits per heavy atom. The van der Waals surface area contributed by atoms with E-state index in [1.807, 2.05) is 43.4 Å². The maximum Gasteiger partial charge on any atom is 0.278 e. The summed E-state index contributed by atoms with van der Waals surface area (Å²) < 4.78 is 12.9. The van der Waals surface area contributed by atoms with E-state index in [0.29, 0.717) is 18.1 Å². The molecule has 2 amide bonds. The van der Waals surface area contributed by atoms with Crippen LogP contribution in [-0.4, -0.2) is 36.3 Å². The van der Waals surface area contributed by atoms with E-state index >= 15 is 0 Å². The van der Waals surface area contributed by atoms with Crippen LogP contribution in [0.3, 0.4) is 0 Å². The molecule has 150 valence electrons. The highest BCUT2D eigenvalue weighted by atomic mass is 35.5. The Kier molecular flexibility index (Phi) is 8.42. The van der Waals surface area contributed by atoms with Crippen LogP contribution < -0.4 is 10.6 Å². The normalized spacial score (nSPS) is 11.7. The minimum absolute atomic E-state index is 0.00909. The lowest BCUT2D eigenvalue weighted by Crippen LogP contribution is -2.87. The van der Waals surface area contributed by atoms with Gasteiger partial charge in [0.15, 0.2) is 6.54 Å². The Bertz CT molecular complexity index is 798. The average Bonchev–Trinajstić information content (AvgIpc) is 2.69. The molecule has 0 heterocycles. The van der Waals surface area contributed by atoms with Crippen LogP contribution in [-0.2, 0) is 16.1 Å². The lowest BCUT2D eigenvalue weighted by molar-refractivity contribution is -0.683. The molecule has 2 aromatic carbocycles. The second kappa shape index (κ2) is 10.8. The largest absolute Gasteiger partial charge is 0.350 e. The third-order valence-electron chi connectivity index (χ3n) is 4.51. The summed E-state index contributed by atoms with van der Waals surface area (Å²) in [5, 5.41) is 5.33. The second-order valence-corrected chi connectivity index (χ2v) is 6.97. The third kappa shape index (κ3) is 6.62. The van der Waals surface area contributed by atoms with Crippen LogP contribution in [0.1, 0.15) is 31.0 Å². The van der Waals surface area contributed by atoms with Gasteiger partial charge in [-0.1, -0.05) is 41.9 Å². The summed E-state index contributed by atoms with van der Waals surface area (Å²) in [6.07, 6.45) is 0. The zero-order valence-corrected chi connectivity index (χ0v) is 16.9. The maximum atomic E-state index is 12.9. The summed E-state index contributed by atoms with van der Waals surface area (Å²) in [7, 11) is 0. The van der Waals surface area contributed by atoms with Crippen LogP contribution in [0, 0.1) is 5.82 Å². The van der Waals surface area contributed by atoms with Gasteiger partial charge in [0, 0.05) is 23.7 Å². The van der Waals surface area contributed by atoms with Gasteiger partial charge < -0.3 is 15.5 Å². The van der Waals surface area contributed by atoms with Crippen LogP contribution in [0.4, 0.5) is 4.39 Å². The fourth-order valence-corrected chi connectivity index (χ4v) is 3.09. The van der Waals surface area contributed by atoms with Gasteiger partial charge in [-0.2, -0.15) is 0 Å². The molecule has 7 heteroatoms. The van der Waals surface area contributed by atoms with Gasteiger partial charge in [-0.25, -0.2) is 4.39 Å². The van der Waals surface area contributed by atoms with Crippen molar-refractivity contribution in [3.8, 4) is 0 Å². The van der Waals surface area contributed by atoms with E-state index in [2.05, 4.69) is 5.32 Å². The SMILES string of the molecule is CCN(CC(=O)NCc1ccc(F)cc1)C(=O)C[NH2+][C@H](C)c1ccccc1Cl. The number of carbonyl (C=O) groups excluding carboxylic acids is 2. The fraction of sp³-hybridized carbons (Fsp3) is 0.333. The van der Waals surface area contributed by atoms with Gasteiger partial charge in [-0.05, 0) is 37.6 Å². The van der Waals surface area contributed by atoms with Gasteiger partial charge in [-0.3, -0.25) is 9.59 Å². The number of quaternary nitrogens is 1. The van der Waals surface area contributed by atoms with Gasteiger partial charge in [-0.15, -0.1) is 0 Å². The minimum atomic E-state index is -0.319. The van der Waals surface area contributed by atoms with Crippen molar-refractivity contribution in [1.29, 1.82) is 0 Å². The molecule has 0 aliphatic rings. The third-order valence-corrected chi connectivity index (χ3v) is 4.86. The van der Waals surface area contributed by atoms with Gasteiger partial charge >= 0.3 is 0 Å². The molecule has 2 aromatic rings. The Labute approximate surface area is 169 Å². The lowest BCUT2D eigenvalue weighted by atomic mass is 10.1. The first-order valence-corrected chi connectivity index (χ1v) is 9.65. The van der Waals surface area contributed by atoms with Gasteiger partial charge in [0.05, 0.1) is 6.54 Å². The number of nitrogens with one attached hydrogen (secondary N) is 1. The number of rotatable bonds is 9. The topological polar surface area (TPSA) is 66.0 Å². The first-order chi connectivity index (χ1) is 13.4. The van der Waals surface area contributed by atoms with Crippen molar-refractivity contribution in [1.82, 2.24) is 10.2 Å². The molecule has 28 heavy (non-hydrogen) atoms. The zero-order chi connectivity index (χ0) is 20.5. The Morgan fingerprint density at radius 2 is 1.86 bits per heavy atom. The van der Waals surface area contributed by atoms with E-state index in [9.17, 15) is 14.0 Å². The molecule has 0 saturated carbocycles. The van der Waals surface area contributed by atoms with Crippen molar-refractivity contribution in [3.05, 3.63) is 70.5 Å². The first-order valence-electron chi connectivity index (χ1n) is 9.27. The van der Waals surface area contributed by atoms with Crippen molar-refractivity contribution in [3.63, 3.8) is 0 Å². The van der Waals surface area contributed by atoms with Crippen molar-refractivity contribution < 1.29 is 19.3 Å². The lowest BCUT2D eigenvalue weighted by Gasteiger charge is -2.21. The van der Waals surface area contributed by atoms with Gasteiger partial charge in [0.25, 0.3) is 5.91 Å². The number of hydrogen-bond donors (Lipinski definition) is 2. The van der Waals surface area contributed by atoms with Crippen molar-refractivity contribution >= 4 is 23.4 Å². The first kappa shape index (κ1) is 21.9. The average molecular weight is 407 g/mol. The van der Waals surface area contributed by atoms with Gasteiger partial charge in [0.2, 0.25) is 5.91 Å².